The molecular weight excluding hydrogens is 340 g/mol. The number of aryl methyl sites for hydroxylation is 2. The molecule has 2 heterocycles. The summed E-state index contributed by atoms with van der Waals surface area (Å²) in [5.41, 5.74) is 0.408. The zero-order valence-corrected chi connectivity index (χ0v) is 14.9. The molecule has 2 aromatic heterocycles. The number of aromatic nitrogens is 4. The number of carboxylic acid groups (broad SMARTS) is 1. The SMILES string of the molecule is CCn1cc(NC(=O)CCn2ccc(C(=O)O)n2)c(C(=O)NC(C)C)n1. The molecule has 2 amide bonds. The van der Waals surface area contributed by atoms with Gasteiger partial charge in [0.05, 0.1) is 5.69 Å². The van der Waals surface area contributed by atoms with Crippen LogP contribution in [0.25, 0.3) is 0 Å². The minimum Gasteiger partial charge on any atom is -0.476 e. The van der Waals surface area contributed by atoms with E-state index in [1.807, 2.05) is 20.8 Å². The number of carboxylic acids is 1. The van der Waals surface area contributed by atoms with Crippen molar-refractivity contribution < 1.29 is 19.5 Å². The molecule has 10 heteroatoms. The van der Waals surface area contributed by atoms with Crippen molar-refractivity contribution in [3.8, 4) is 0 Å². The van der Waals surface area contributed by atoms with Gasteiger partial charge in [0.2, 0.25) is 5.91 Å². The number of nitrogens with one attached hydrogen (secondary N) is 2. The summed E-state index contributed by atoms with van der Waals surface area (Å²) >= 11 is 0. The van der Waals surface area contributed by atoms with Gasteiger partial charge >= 0.3 is 5.97 Å². The van der Waals surface area contributed by atoms with Gasteiger partial charge in [-0.25, -0.2) is 4.79 Å². The van der Waals surface area contributed by atoms with Crippen LogP contribution in [-0.4, -0.2) is 48.5 Å². The number of hydrogen-bond acceptors (Lipinski definition) is 5. The van der Waals surface area contributed by atoms with Gasteiger partial charge in [0.25, 0.3) is 5.91 Å². The molecule has 0 saturated carbocycles. The van der Waals surface area contributed by atoms with E-state index in [-0.39, 0.29) is 42.2 Å². The Bertz CT molecular complexity index is 808. The number of amides is 2. The molecule has 0 aliphatic heterocycles. The van der Waals surface area contributed by atoms with Gasteiger partial charge in [-0.2, -0.15) is 10.2 Å². The van der Waals surface area contributed by atoms with Crippen molar-refractivity contribution in [1.82, 2.24) is 24.9 Å². The van der Waals surface area contributed by atoms with Gasteiger partial charge in [-0.3, -0.25) is 19.0 Å². The molecule has 0 aromatic carbocycles. The molecule has 0 spiro atoms. The van der Waals surface area contributed by atoms with E-state index in [0.717, 1.165) is 0 Å². The Morgan fingerprint density at radius 2 is 1.96 bits per heavy atom. The molecule has 2 aromatic rings. The molecule has 0 bridgehead atoms. The molecule has 0 saturated heterocycles. The van der Waals surface area contributed by atoms with Crippen molar-refractivity contribution >= 4 is 23.5 Å². The minimum absolute atomic E-state index is 0.0546. The second kappa shape index (κ2) is 8.28. The molecule has 0 atom stereocenters. The summed E-state index contributed by atoms with van der Waals surface area (Å²) in [7, 11) is 0. The van der Waals surface area contributed by atoms with Crippen molar-refractivity contribution in [2.24, 2.45) is 0 Å². The molecule has 3 N–H and O–H groups in total. The van der Waals surface area contributed by atoms with Gasteiger partial charge in [-0.1, -0.05) is 0 Å². The first-order chi connectivity index (χ1) is 12.3. The number of nitrogens with zero attached hydrogens (tertiary/aromatic N) is 4. The average molecular weight is 362 g/mol. The Labute approximate surface area is 150 Å². The molecule has 0 radical (unpaired) electrons. The fraction of sp³-hybridized carbons (Fsp3) is 0.438. The fourth-order valence-electron chi connectivity index (χ4n) is 2.20. The third-order valence-electron chi connectivity index (χ3n) is 3.42. The van der Waals surface area contributed by atoms with Gasteiger partial charge < -0.3 is 15.7 Å². The number of rotatable bonds is 8. The second-order valence-electron chi connectivity index (χ2n) is 5.94. The van der Waals surface area contributed by atoms with Crippen LogP contribution in [0.1, 0.15) is 48.2 Å². The van der Waals surface area contributed by atoms with Gasteiger partial charge in [0.1, 0.15) is 0 Å². The number of carbonyl (C=O) groups excluding carboxylic acids is 2. The maximum atomic E-state index is 12.2. The lowest BCUT2D eigenvalue weighted by Crippen LogP contribution is -2.31. The van der Waals surface area contributed by atoms with Crippen LogP contribution in [0.15, 0.2) is 18.5 Å². The zero-order valence-electron chi connectivity index (χ0n) is 14.9. The molecule has 0 unspecified atom stereocenters. The van der Waals surface area contributed by atoms with E-state index in [9.17, 15) is 14.4 Å². The third kappa shape index (κ3) is 4.91. The van der Waals surface area contributed by atoms with Crippen molar-refractivity contribution in [2.75, 3.05) is 5.32 Å². The Morgan fingerprint density at radius 1 is 1.23 bits per heavy atom. The van der Waals surface area contributed by atoms with E-state index in [0.29, 0.717) is 12.2 Å². The standard InChI is InChI=1S/C16H22N6O4/c1-4-21-9-12(14(20-21)15(24)17-10(2)3)18-13(23)6-8-22-7-5-11(19-22)16(25)26/h5,7,9-10H,4,6,8H2,1-3H3,(H,17,24)(H,18,23)(H,25,26). The Kier molecular flexibility index (Phi) is 6.10. The lowest BCUT2D eigenvalue weighted by molar-refractivity contribution is -0.116. The summed E-state index contributed by atoms with van der Waals surface area (Å²) in [6, 6.07) is 1.31. The Balaban J connectivity index is 2.02. The van der Waals surface area contributed by atoms with Crippen molar-refractivity contribution in [1.29, 1.82) is 0 Å². The van der Waals surface area contributed by atoms with E-state index < -0.39 is 5.97 Å². The van der Waals surface area contributed by atoms with Crippen LogP contribution in [0.4, 0.5) is 5.69 Å². The van der Waals surface area contributed by atoms with Gasteiger partial charge in [0.15, 0.2) is 11.4 Å². The first kappa shape index (κ1) is 19.2. The molecule has 2 rings (SSSR count). The first-order valence-corrected chi connectivity index (χ1v) is 8.25. The maximum Gasteiger partial charge on any atom is 0.356 e. The van der Waals surface area contributed by atoms with Crippen molar-refractivity contribution in [3.63, 3.8) is 0 Å². The largest absolute Gasteiger partial charge is 0.476 e. The van der Waals surface area contributed by atoms with E-state index >= 15 is 0 Å². The molecule has 0 aliphatic rings. The topological polar surface area (TPSA) is 131 Å². The van der Waals surface area contributed by atoms with E-state index in [1.165, 1.54) is 16.9 Å². The first-order valence-electron chi connectivity index (χ1n) is 8.25. The van der Waals surface area contributed by atoms with Gasteiger partial charge in [0, 0.05) is 37.9 Å². The molecule has 26 heavy (non-hydrogen) atoms. The monoisotopic (exact) mass is 362 g/mol. The Hall–Kier alpha value is -3.17. The smallest absolute Gasteiger partial charge is 0.356 e. The van der Waals surface area contributed by atoms with Crippen molar-refractivity contribution in [2.45, 2.75) is 46.3 Å². The fourth-order valence-corrected chi connectivity index (χ4v) is 2.20. The second-order valence-corrected chi connectivity index (χ2v) is 5.94. The van der Waals surface area contributed by atoms with Crippen LogP contribution in [0.3, 0.4) is 0 Å². The number of carbonyl (C=O) groups is 3. The highest BCUT2D eigenvalue weighted by Gasteiger charge is 2.19. The third-order valence-corrected chi connectivity index (χ3v) is 3.42. The summed E-state index contributed by atoms with van der Waals surface area (Å²) in [5.74, 6) is -1.81. The maximum absolute atomic E-state index is 12.2. The minimum atomic E-state index is -1.12. The molecular formula is C16H22N6O4. The van der Waals surface area contributed by atoms with E-state index in [2.05, 4.69) is 20.8 Å². The van der Waals surface area contributed by atoms with Gasteiger partial charge in [-0.15, -0.1) is 0 Å². The summed E-state index contributed by atoms with van der Waals surface area (Å²) < 4.78 is 2.95. The van der Waals surface area contributed by atoms with Crippen LogP contribution < -0.4 is 10.6 Å². The normalized spacial score (nSPS) is 10.8. The lowest BCUT2D eigenvalue weighted by atomic mass is 10.3. The van der Waals surface area contributed by atoms with Crippen LogP contribution in [0.2, 0.25) is 0 Å². The van der Waals surface area contributed by atoms with E-state index in [1.54, 1.807) is 10.9 Å². The lowest BCUT2D eigenvalue weighted by Gasteiger charge is -2.08. The number of aromatic carboxylic acids is 1. The molecule has 0 fully saturated rings. The number of hydrogen-bond donors (Lipinski definition) is 3. The summed E-state index contributed by atoms with van der Waals surface area (Å²) in [6.07, 6.45) is 3.17. The number of anilines is 1. The van der Waals surface area contributed by atoms with Crippen molar-refractivity contribution in [3.05, 3.63) is 29.8 Å². The van der Waals surface area contributed by atoms with Crippen LogP contribution in [0.5, 0.6) is 0 Å². The highest BCUT2D eigenvalue weighted by molar-refractivity contribution is 6.02. The summed E-state index contributed by atoms with van der Waals surface area (Å²) in [4.78, 5) is 35.2. The molecule has 0 aliphatic carbocycles. The zero-order chi connectivity index (χ0) is 19.3. The molecule has 10 nitrogen and oxygen atoms in total. The predicted octanol–water partition coefficient (Wildman–Crippen LogP) is 0.965. The highest BCUT2D eigenvalue weighted by Crippen LogP contribution is 2.15. The van der Waals surface area contributed by atoms with Crippen LogP contribution >= 0.6 is 0 Å². The quantitative estimate of drug-likeness (QED) is 0.641. The van der Waals surface area contributed by atoms with Crippen LogP contribution in [-0.2, 0) is 17.9 Å². The van der Waals surface area contributed by atoms with E-state index in [4.69, 9.17) is 5.11 Å². The Morgan fingerprint density at radius 3 is 2.54 bits per heavy atom. The molecule has 140 valence electrons. The van der Waals surface area contributed by atoms with Gasteiger partial charge in [-0.05, 0) is 26.8 Å². The predicted molar refractivity (Wildman–Crippen MR) is 92.9 cm³/mol. The highest BCUT2D eigenvalue weighted by atomic mass is 16.4. The summed E-state index contributed by atoms with van der Waals surface area (Å²) in [5, 5.41) is 22.3. The average Bonchev–Trinajstić information content (AvgIpc) is 3.19. The summed E-state index contributed by atoms with van der Waals surface area (Å²) in [6.45, 7) is 6.32. The van der Waals surface area contributed by atoms with Crippen LogP contribution in [0, 0.1) is 0 Å².